The Kier molecular flexibility index (Phi) is 8.77. The molecule has 2 saturated heterocycles. The van der Waals surface area contributed by atoms with Crippen LogP contribution in [0.3, 0.4) is 0 Å². The summed E-state index contributed by atoms with van der Waals surface area (Å²) in [6.45, 7) is 8.10. The minimum Gasteiger partial charge on any atom is -0.492 e. The standard InChI is InChI=1S/C27H39N5O3/c1-20(2)17-30-35-27(28)32-15-11-21(12-16-32)19-34-24-9-10-25(29-18-24)22-5-7-23(8-6-22)26(33)31-13-3-4-14-31/h5,9-10,17-18,20-21,23,28H,3-4,6-8,11-16,19H2,1-2H3. The van der Waals surface area contributed by atoms with E-state index in [0.717, 1.165) is 82.6 Å². The molecule has 1 atom stereocenters. The van der Waals surface area contributed by atoms with Gasteiger partial charge in [-0.15, -0.1) is 0 Å². The molecule has 1 N–H and O–H groups in total. The van der Waals surface area contributed by atoms with Gasteiger partial charge in [-0.2, -0.15) is 0 Å². The molecule has 1 unspecified atom stereocenters. The van der Waals surface area contributed by atoms with Crippen LogP contribution in [0.15, 0.2) is 29.6 Å². The molecule has 35 heavy (non-hydrogen) atoms. The summed E-state index contributed by atoms with van der Waals surface area (Å²) in [5.74, 6) is 2.01. The van der Waals surface area contributed by atoms with Crippen molar-refractivity contribution >= 4 is 23.7 Å². The molecule has 0 spiro atoms. The second kappa shape index (κ2) is 12.2. The van der Waals surface area contributed by atoms with E-state index < -0.39 is 0 Å². The van der Waals surface area contributed by atoms with Crippen molar-refractivity contribution in [3.05, 3.63) is 30.1 Å². The van der Waals surface area contributed by atoms with Crippen molar-refractivity contribution in [2.45, 2.75) is 58.8 Å². The van der Waals surface area contributed by atoms with Crippen molar-refractivity contribution in [2.24, 2.45) is 22.9 Å². The average molecular weight is 482 g/mol. The highest BCUT2D eigenvalue weighted by atomic mass is 16.6. The van der Waals surface area contributed by atoms with E-state index in [-0.39, 0.29) is 11.9 Å². The van der Waals surface area contributed by atoms with Gasteiger partial charge >= 0.3 is 6.02 Å². The van der Waals surface area contributed by atoms with E-state index in [1.807, 2.05) is 42.0 Å². The van der Waals surface area contributed by atoms with Crippen LogP contribution < -0.4 is 4.74 Å². The molecule has 8 heteroatoms. The maximum absolute atomic E-state index is 12.6. The van der Waals surface area contributed by atoms with Crippen molar-refractivity contribution < 1.29 is 14.4 Å². The largest absolute Gasteiger partial charge is 0.492 e. The Bertz CT molecular complexity index is 913. The number of piperidine rings is 1. The van der Waals surface area contributed by atoms with Crippen LogP contribution in [0.25, 0.3) is 5.57 Å². The summed E-state index contributed by atoms with van der Waals surface area (Å²) in [6, 6.07) is 4.14. The number of rotatable bonds is 7. The van der Waals surface area contributed by atoms with Gasteiger partial charge in [0.2, 0.25) is 5.91 Å². The van der Waals surface area contributed by atoms with E-state index in [9.17, 15) is 4.79 Å². The van der Waals surface area contributed by atoms with Gasteiger partial charge in [0, 0.05) is 38.3 Å². The number of aromatic nitrogens is 1. The number of carbonyl (C=O) groups excluding carboxylic acids is 1. The topological polar surface area (TPSA) is 91.1 Å². The lowest BCUT2D eigenvalue weighted by Crippen LogP contribution is -2.39. The Balaban J connectivity index is 1.18. The number of nitrogens with one attached hydrogen (secondary N) is 1. The number of likely N-dealkylation sites (tertiary alicyclic amines) is 2. The number of nitrogens with zero attached hydrogens (tertiary/aromatic N) is 4. The van der Waals surface area contributed by atoms with Crippen LogP contribution in [0.1, 0.15) is 64.5 Å². The SMILES string of the molecule is CC(C)C=NOC(=N)N1CCC(COc2ccc(C3=CCC(C(=O)N4CCCC4)CC3)nc2)CC1. The van der Waals surface area contributed by atoms with Crippen molar-refractivity contribution in [1.29, 1.82) is 5.41 Å². The van der Waals surface area contributed by atoms with Gasteiger partial charge in [0.1, 0.15) is 5.75 Å². The molecule has 1 aromatic heterocycles. The van der Waals surface area contributed by atoms with E-state index in [0.29, 0.717) is 24.3 Å². The van der Waals surface area contributed by atoms with Crippen molar-refractivity contribution in [3.63, 3.8) is 0 Å². The Morgan fingerprint density at radius 3 is 2.57 bits per heavy atom. The first-order valence-corrected chi connectivity index (χ1v) is 13.1. The summed E-state index contributed by atoms with van der Waals surface area (Å²) in [4.78, 5) is 26.4. The molecule has 3 heterocycles. The molecule has 4 rings (SSSR count). The summed E-state index contributed by atoms with van der Waals surface area (Å²) in [7, 11) is 0. The van der Waals surface area contributed by atoms with Gasteiger partial charge in [0.05, 0.1) is 18.5 Å². The third kappa shape index (κ3) is 7.05. The Morgan fingerprint density at radius 2 is 1.94 bits per heavy atom. The average Bonchev–Trinajstić information content (AvgIpc) is 3.43. The normalized spacial score (nSPS) is 21.5. The van der Waals surface area contributed by atoms with Crippen LogP contribution in [0.5, 0.6) is 5.75 Å². The van der Waals surface area contributed by atoms with Crippen LogP contribution in [0, 0.1) is 23.2 Å². The molecule has 2 fully saturated rings. The number of amides is 1. The molecule has 0 aromatic carbocycles. The molecule has 0 radical (unpaired) electrons. The van der Waals surface area contributed by atoms with E-state index in [1.54, 1.807) is 6.21 Å². The zero-order valence-corrected chi connectivity index (χ0v) is 21.1. The number of pyridine rings is 1. The summed E-state index contributed by atoms with van der Waals surface area (Å²) < 4.78 is 6.02. The molecule has 8 nitrogen and oxygen atoms in total. The van der Waals surface area contributed by atoms with Crippen LogP contribution in [0.2, 0.25) is 0 Å². The predicted molar refractivity (Wildman–Crippen MR) is 137 cm³/mol. The molecular weight excluding hydrogens is 442 g/mol. The molecular formula is C27H39N5O3. The Morgan fingerprint density at radius 1 is 1.17 bits per heavy atom. The van der Waals surface area contributed by atoms with E-state index in [2.05, 4.69) is 16.2 Å². The lowest BCUT2D eigenvalue weighted by Gasteiger charge is -2.31. The molecule has 3 aliphatic rings. The molecule has 0 bridgehead atoms. The van der Waals surface area contributed by atoms with E-state index >= 15 is 0 Å². The van der Waals surface area contributed by atoms with Gasteiger partial charge in [-0.3, -0.25) is 9.78 Å². The molecule has 1 aromatic rings. The van der Waals surface area contributed by atoms with Gasteiger partial charge in [-0.1, -0.05) is 25.1 Å². The summed E-state index contributed by atoms with van der Waals surface area (Å²) in [5, 5.41) is 11.9. The minimum atomic E-state index is 0.116. The van der Waals surface area contributed by atoms with Crippen molar-refractivity contribution in [1.82, 2.24) is 14.8 Å². The fourth-order valence-corrected chi connectivity index (χ4v) is 4.92. The van der Waals surface area contributed by atoms with Gasteiger partial charge in [-0.25, -0.2) is 5.41 Å². The first-order valence-electron chi connectivity index (χ1n) is 13.1. The second-order valence-electron chi connectivity index (χ2n) is 10.2. The fourth-order valence-electron chi connectivity index (χ4n) is 4.92. The van der Waals surface area contributed by atoms with Crippen LogP contribution in [0.4, 0.5) is 0 Å². The fraction of sp³-hybridized carbons (Fsp3) is 0.630. The maximum atomic E-state index is 12.6. The number of ether oxygens (including phenoxy) is 1. The zero-order valence-electron chi connectivity index (χ0n) is 21.1. The number of amidine groups is 1. The van der Waals surface area contributed by atoms with Crippen LogP contribution >= 0.6 is 0 Å². The highest BCUT2D eigenvalue weighted by molar-refractivity contribution is 5.80. The van der Waals surface area contributed by atoms with Gasteiger partial charge < -0.3 is 19.4 Å². The number of carbonyl (C=O) groups is 1. The first kappa shape index (κ1) is 25.2. The second-order valence-corrected chi connectivity index (χ2v) is 10.2. The van der Waals surface area contributed by atoms with Gasteiger partial charge in [-0.05, 0) is 74.5 Å². The van der Waals surface area contributed by atoms with Crippen LogP contribution in [-0.2, 0) is 9.63 Å². The zero-order chi connectivity index (χ0) is 24.6. The van der Waals surface area contributed by atoms with E-state index in [4.69, 9.17) is 15.0 Å². The molecule has 1 aliphatic carbocycles. The Hall–Kier alpha value is -2.90. The highest BCUT2D eigenvalue weighted by Gasteiger charge is 2.28. The molecule has 2 aliphatic heterocycles. The third-order valence-corrected chi connectivity index (χ3v) is 7.13. The van der Waals surface area contributed by atoms with Gasteiger partial charge in [0.15, 0.2) is 0 Å². The van der Waals surface area contributed by atoms with Crippen LogP contribution in [-0.4, -0.2) is 65.7 Å². The minimum absolute atomic E-state index is 0.116. The summed E-state index contributed by atoms with van der Waals surface area (Å²) in [5.41, 5.74) is 2.22. The summed E-state index contributed by atoms with van der Waals surface area (Å²) in [6.07, 6.45) is 12.5. The van der Waals surface area contributed by atoms with Crippen molar-refractivity contribution in [3.8, 4) is 5.75 Å². The van der Waals surface area contributed by atoms with Crippen molar-refractivity contribution in [2.75, 3.05) is 32.8 Å². The lowest BCUT2D eigenvalue weighted by molar-refractivity contribution is -0.134. The molecule has 0 saturated carbocycles. The Labute approximate surface area is 208 Å². The molecule has 1 amide bonds. The number of oxime groups is 1. The lowest BCUT2D eigenvalue weighted by atomic mass is 9.87. The third-order valence-electron chi connectivity index (χ3n) is 7.13. The predicted octanol–water partition coefficient (Wildman–Crippen LogP) is 4.57. The maximum Gasteiger partial charge on any atom is 0.314 e. The number of hydrogen-bond donors (Lipinski definition) is 1. The highest BCUT2D eigenvalue weighted by Crippen LogP contribution is 2.31. The summed E-state index contributed by atoms with van der Waals surface area (Å²) >= 11 is 0. The number of allylic oxidation sites excluding steroid dienone is 2. The molecule has 190 valence electrons. The monoisotopic (exact) mass is 481 g/mol. The number of hydrogen-bond acceptors (Lipinski definition) is 6. The van der Waals surface area contributed by atoms with Gasteiger partial charge in [0.25, 0.3) is 0 Å². The first-order chi connectivity index (χ1) is 17.0. The van der Waals surface area contributed by atoms with E-state index in [1.165, 1.54) is 5.57 Å². The quantitative estimate of drug-likeness (QED) is 0.350. The smallest absolute Gasteiger partial charge is 0.314 e.